The number of rotatable bonds is 8. The Labute approximate surface area is 108 Å². The molecule has 5 heteroatoms. The highest BCUT2D eigenvalue weighted by atomic mass is 16.5. The molecule has 0 fully saturated rings. The minimum atomic E-state index is -0.739. The first-order chi connectivity index (χ1) is 8.54. The first-order valence-corrected chi connectivity index (χ1v) is 6.40. The fourth-order valence-electron chi connectivity index (χ4n) is 1.94. The molecule has 18 heavy (non-hydrogen) atoms. The van der Waals surface area contributed by atoms with Gasteiger partial charge in [-0.3, -0.25) is 4.79 Å². The maximum Gasteiger partial charge on any atom is 0.307 e. The Balaban J connectivity index is 2.41. The number of nitrogens with one attached hydrogen (secondary N) is 1. The van der Waals surface area contributed by atoms with Gasteiger partial charge in [-0.15, -0.1) is 0 Å². The van der Waals surface area contributed by atoms with Crippen molar-refractivity contribution in [3.8, 4) is 0 Å². The predicted octanol–water partition coefficient (Wildman–Crippen LogP) is 2.07. The van der Waals surface area contributed by atoms with Gasteiger partial charge < -0.3 is 14.9 Å². The van der Waals surface area contributed by atoms with Crippen molar-refractivity contribution in [3.05, 3.63) is 17.5 Å². The first kappa shape index (κ1) is 14.7. The van der Waals surface area contributed by atoms with E-state index >= 15 is 0 Å². The quantitative estimate of drug-likeness (QED) is 0.742. The average molecular weight is 254 g/mol. The molecule has 1 aromatic heterocycles. The van der Waals surface area contributed by atoms with Crippen LogP contribution in [-0.4, -0.2) is 22.8 Å². The molecule has 102 valence electrons. The minimum Gasteiger partial charge on any atom is -0.481 e. The molecule has 0 aliphatic carbocycles. The van der Waals surface area contributed by atoms with Gasteiger partial charge in [-0.2, -0.15) is 0 Å². The largest absolute Gasteiger partial charge is 0.481 e. The van der Waals surface area contributed by atoms with Crippen molar-refractivity contribution in [2.45, 2.75) is 40.2 Å². The molecule has 1 rings (SSSR count). The number of hydrogen-bond donors (Lipinski definition) is 2. The Morgan fingerprint density at radius 2 is 2.28 bits per heavy atom. The third kappa shape index (κ3) is 4.49. The number of hydrogen-bond acceptors (Lipinski definition) is 4. The van der Waals surface area contributed by atoms with Crippen LogP contribution < -0.4 is 5.32 Å². The van der Waals surface area contributed by atoms with Gasteiger partial charge in [0, 0.05) is 18.7 Å². The van der Waals surface area contributed by atoms with Crippen LogP contribution >= 0.6 is 0 Å². The lowest BCUT2D eigenvalue weighted by Crippen LogP contribution is -2.29. The Morgan fingerprint density at radius 3 is 2.83 bits per heavy atom. The zero-order valence-electron chi connectivity index (χ0n) is 11.3. The summed E-state index contributed by atoms with van der Waals surface area (Å²) >= 11 is 0. The van der Waals surface area contributed by atoms with Crippen LogP contribution in [0.15, 0.2) is 10.8 Å². The van der Waals surface area contributed by atoms with Gasteiger partial charge in [-0.25, -0.2) is 0 Å². The summed E-state index contributed by atoms with van der Waals surface area (Å²) in [5.41, 5.74) is 1.93. The van der Waals surface area contributed by atoms with Crippen LogP contribution in [0.1, 0.15) is 38.4 Å². The van der Waals surface area contributed by atoms with E-state index in [1.165, 1.54) is 0 Å². The van der Waals surface area contributed by atoms with E-state index in [4.69, 9.17) is 9.63 Å². The van der Waals surface area contributed by atoms with Crippen molar-refractivity contribution in [3.63, 3.8) is 0 Å². The van der Waals surface area contributed by atoms with Gasteiger partial charge in [-0.1, -0.05) is 25.9 Å². The van der Waals surface area contributed by atoms with Crippen LogP contribution in [0.5, 0.6) is 0 Å². The van der Waals surface area contributed by atoms with E-state index in [1.54, 1.807) is 6.26 Å². The van der Waals surface area contributed by atoms with E-state index in [9.17, 15) is 4.79 Å². The van der Waals surface area contributed by atoms with Gasteiger partial charge in [0.15, 0.2) is 0 Å². The lowest BCUT2D eigenvalue weighted by Gasteiger charge is -2.15. The summed E-state index contributed by atoms with van der Waals surface area (Å²) in [7, 11) is 0. The molecule has 1 heterocycles. The van der Waals surface area contributed by atoms with Gasteiger partial charge >= 0.3 is 5.97 Å². The molecule has 0 saturated heterocycles. The van der Waals surface area contributed by atoms with Crippen LogP contribution in [0.3, 0.4) is 0 Å². The van der Waals surface area contributed by atoms with Gasteiger partial charge in [0.25, 0.3) is 0 Å². The van der Waals surface area contributed by atoms with Crippen molar-refractivity contribution in [1.82, 2.24) is 10.5 Å². The average Bonchev–Trinajstić information content (AvgIpc) is 2.74. The summed E-state index contributed by atoms with van der Waals surface area (Å²) in [6.07, 6.45) is 3.12. The van der Waals surface area contributed by atoms with E-state index in [-0.39, 0.29) is 5.92 Å². The third-order valence-electron chi connectivity index (χ3n) is 2.87. The first-order valence-electron chi connectivity index (χ1n) is 6.40. The zero-order valence-corrected chi connectivity index (χ0v) is 11.3. The number of aromatic nitrogens is 1. The zero-order chi connectivity index (χ0) is 13.5. The molecular formula is C13H22N2O3. The lowest BCUT2D eigenvalue weighted by atomic mass is 9.97. The molecule has 0 aromatic carbocycles. The molecule has 0 bridgehead atoms. The van der Waals surface area contributed by atoms with Crippen LogP contribution in [0.4, 0.5) is 0 Å². The minimum absolute atomic E-state index is 0.338. The number of carboxylic acids is 1. The van der Waals surface area contributed by atoms with Crippen molar-refractivity contribution in [2.24, 2.45) is 11.8 Å². The monoisotopic (exact) mass is 254 g/mol. The third-order valence-corrected chi connectivity index (χ3v) is 2.87. The highest BCUT2D eigenvalue weighted by Crippen LogP contribution is 2.12. The van der Waals surface area contributed by atoms with Gasteiger partial charge in [0.1, 0.15) is 6.26 Å². The van der Waals surface area contributed by atoms with Crippen LogP contribution in [-0.2, 0) is 17.8 Å². The number of carbonyl (C=O) groups is 1. The summed E-state index contributed by atoms with van der Waals surface area (Å²) in [5.74, 6) is -0.693. The van der Waals surface area contributed by atoms with E-state index in [0.29, 0.717) is 25.4 Å². The standard InChI is InChI=1S/C13H22N2O3/c1-4-12-11(8-18-15-12)7-14-6-10(13(16)17)5-9(2)3/h8-10,14H,4-7H2,1-3H3,(H,16,17). The highest BCUT2D eigenvalue weighted by molar-refractivity contribution is 5.70. The van der Waals surface area contributed by atoms with Gasteiger partial charge in [0.2, 0.25) is 0 Å². The van der Waals surface area contributed by atoms with Crippen molar-refractivity contribution >= 4 is 5.97 Å². The predicted molar refractivity (Wildman–Crippen MR) is 68.2 cm³/mol. The van der Waals surface area contributed by atoms with E-state index in [0.717, 1.165) is 17.7 Å². The molecule has 1 atom stereocenters. The molecule has 1 unspecified atom stereocenters. The molecule has 1 aromatic rings. The summed E-state index contributed by atoms with van der Waals surface area (Å²) in [6.45, 7) is 7.16. The lowest BCUT2D eigenvalue weighted by molar-refractivity contribution is -0.142. The number of aliphatic carboxylic acids is 1. The Hall–Kier alpha value is -1.36. The second-order valence-corrected chi connectivity index (χ2v) is 4.94. The summed E-state index contributed by atoms with van der Waals surface area (Å²) < 4.78 is 4.90. The maximum absolute atomic E-state index is 11.1. The number of nitrogens with zero attached hydrogens (tertiary/aromatic N) is 1. The highest BCUT2D eigenvalue weighted by Gasteiger charge is 2.18. The van der Waals surface area contributed by atoms with Crippen molar-refractivity contribution < 1.29 is 14.4 Å². The molecule has 0 saturated carbocycles. The molecule has 5 nitrogen and oxygen atoms in total. The van der Waals surface area contributed by atoms with Crippen molar-refractivity contribution in [2.75, 3.05) is 6.54 Å². The van der Waals surface area contributed by atoms with Crippen LogP contribution in [0, 0.1) is 11.8 Å². The number of carboxylic acid groups (broad SMARTS) is 1. The van der Waals surface area contributed by atoms with E-state index in [2.05, 4.69) is 10.5 Å². The van der Waals surface area contributed by atoms with Crippen molar-refractivity contribution in [1.29, 1.82) is 0 Å². The molecular weight excluding hydrogens is 232 g/mol. The molecule has 0 aliphatic heterocycles. The summed E-state index contributed by atoms with van der Waals surface area (Å²) in [6, 6.07) is 0. The van der Waals surface area contributed by atoms with Crippen LogP contribution in [0.25, 0.3) is 0 Å². The molecule has 0 radical (unpaired) electrons. The fourth-order valence-corrected chi connectivity index (χ4v) is 1.94. The van der Waals surface area contributed by atoms with Gasteiger partial charge in [-0.05, 0) is 18.8 Å². The normalized spacial score (nSPS) is 12.9. The molecule has 0 spiro atoms. The van der Waals surface area contributed by atoms with Crippen LogP contribution in [0.2, 0.25) is 0 Å². The van der Waals surface area contributed by atoms with E-state index < -0.39 is 5.97 Å². The molecule has 0 aliphatic rings. The second kappa shape index (κ2) is 7.16. The maximum atomic E-state index is 11.1. The summed E-state index contributed by atoms with van der Waals surface area (Å²) in [4.78, 5) is 11.1. The topological polar surface area (TPSA) is 75.4 Å². The summed E-state index contributed by atoms with van der Waals surface area (Å²) in [5, 5.41) is 16.2. The second-order valence-electron chi connectivity index (χ2n) is 4.94. The van der Waals surface area contributed by atoms with E-state index in [1.807, 2.05) is 20.8 Å². The molecule has 0 amide bonds. The number of aryl methyl sites for hydroxylation is 1. The van der Waals surface area contributed by atoms with Gasteiger partial charge in [0.05, 0.1) is 11.6 Å². The Kier molecular flexibility index (Phi) is 5.85. The Morgan fingerprint density at radius 1 is 1.56 bits per heavy atom. The smallest absolute Gasteiger partial charge is 0.307 e. The fraction of sp³-hybridized carbons (Fsp3) is 0.692. The molecule has 2 N–H and O–H groups in total. The SMILES string of the molecule is CCc1nocc1CNCC(CC(C)C)C(=O)O. The Bertz CT molecular complexity index is 374.